The van der Waals surface area contributed by atoms with Crippen molar-refractivity contribution in [2.24, 2.45) is 5.92 Å². The van der Waals surface area contributed by atoms with Crippen molar-refractivity contribution < 1.29 is 4.79 Å². The first-order chi connectivity index (χ1) is 20.0. The maximum atomic E-state index is 13.2. The van der Waals surface area contributed by atoms with Crippen LogP contribution in [-0.4, -0.2) is 78.9 Å². The summed E-state index contributed by atoms with van der Waals surface area (Å²) in [6.07, 6.45) is 7.10. The number of nitrogen functional groups attached to an aromatic ring is 1. The SMILES string of the molecule is CN1CCN(C(=O)C2CCc3ncc(Nc4nc(N)n(-c5cc6c(nn5)-c5ccccc5CCC6)n4)cc3C2)CC1. The number of piperazine rings is 1. The number of benzene rings is 1. The second-order valence-corrected chi connectivity index (χ2v) is 11.3. The van der Waals surface area contributed by atoms with Crippen LogP contribution in [0.3, 0.4) is 0 Å². The van der Waals surface area contributed by atoms with Crippen molar-refractivity contribution in [2.75, 3.05) is 44.3 Å². The van der Waals surface area contributed by atoms with Crippen molar-refractivity contribution in [2.45, 2.75) is 38.5 Å². The predicted octanol–water partition coefficient (Wildman–Crippen LogP) is 2.81. The molecule has 1 fully saturated rings. The van der Waals surface area contributed by atoms with E-state index in [0.29, 0.717) is 18.2 Å². The third-order valence-corrected chi connectivity index (χ3v) is 8.55. The average Bonchev–Trinajstić information content (AvgIpc) is 3.25. The molecule has 11 nitrogen and oxygen atoms in total. The highest BCUT2D eigenvalue weighted by Gasteiger charge is 2.30. The van der Waals surface area contributed by atoms with Gasteiger partial charge in [0.1, 0.15) is 0 Å². The summed E-state index contributed by atoms with van der Waals surface area (Å²) in [4.78, 5) is 26.6. The number of hydrogen-bond acceptors (Lipinski definition) is 9. The fraction of sp³-hybridized carbons (Fsp3) is 0.400. The summed E-state index contributed by atoms with van der Waals surface area (Å²) in [7, 11) is 2.10. The molecule has 0 spiro atoms. The number of pyridine rings is 1. The molecule has 41 heavy (non-hydrogen) atoms. The van der Waals surface area contributed by atoms with Gasteiger partial charge in [-0.15, -0.1) is 15.3 Å². The van der Waals surface area contributed by atoms with Crippen LogP contribution in [0.5, 0.6) is 0 Å². The molecule has 1 unspecified atom stereocenters. The van der Waals surface area contributed by atoms with E-state index in [2.05, 4.69) is 66.8 Å². The molecular formula is C30H34N10O. The molecule has 1 aromatic carbocycles. The fourth-order valence-electron chi connectivity index (χ4n) is 6.24. The van der Waals surface area contributed by atoms with Gasteiger partial charge in [0.2, 0.25) is 17.8 Å². The largest absolute Gasteiger partial charge is 0.368 e. The van der Waals surface area contributed by atoms with E-state index < -0.39 is 0 Å². The van der Waals surface area contributed by atoms with Crippen molar-refractivity contribution in [3.8, 4) is 17.1 Å². The van der Waals surface area contributed by atoms with E-state index in [4.69, 9.17) is 5.73 Å². The Bertz CT molecular complexity index is 1610. The summed E-state index contributed by atoms with van der Waals surface area (Å²) in [5.41, 5.74) is 13.7. The van der Waals surface area contributed by atoms with E-state index in [1.54, 1.807) is 6.20 Å². The van der Waals surface area contributed by atoms with Crippen molar-refractivity contribution in [1.29, 1.82) is 0 Å². The van der Waals surface area contributed by atoms with Crippen LogP contribution in [0.4, 0.5) is 17.6 Å². The minimum Gasteiger partial charge on any atom is -0.368 e. The number of nitrogens with one attached hydrogen (secondary N) is 1. The smallest absolute Gasteiger partial charge is 0.248 e. The number of nitrogens with zero attached hydrogens (tertiary/aromatic N) is 8. The molecule has 210 valence electrons. The van der Waals surface area contributed by atoms with Crippen LogP contribution < -0.4 is 11.1 Å². The van der Waals surface area contributed by atoms with Crippen LogP contribution in [0.15, 0.2) is 42.6 Å². The van der Waals surface area contributed by atoms with Gasteiger partial charge in [-0.25, -0.2) is 0 Å². The number of rotatable bonds is 4. The summed E-state index contributed by atoms with van der Waals surface area (Å²) in [5, 5.41) is 16.9. The van der Waals surface area contributed by atoms with Gasteiger partial charge in [-0.1, -0.05) is 24.3 Å². The molecule has 3 aliphatic rings. The first kappa shape index (κ1) is 25.6. The molecule has 2 aliphatic carbocycles. The van der Waals surface area contributed by atoms with Gasteiger partial charge in [-0.2, -0.15) is 9.67 Å². The van der Waals surface area contributed by atoms with Crippen molar-refractivity contribution in [3.05, 3.63) is 65.0 Å². The predicted molar refractivity (Wildman–Crippen MR) is 156 cm³/mol. The lowest BCUT2D eigenvalue weighted by Crippen LogP contribution is -2.49. The highest BCUT2D eigenvalue weighted by Crippen LogP contribution is 2.32. The highest BCUT2D eigenvalue weighted by atomic mass is 16.2. The number of hydrogen-bond donors (Lipinski definition) is 2. The Balaban J connectivity index is 1.08. The quantitative estimate of drug-likeness (QED) is 0.394. The Hall–Kier alpha value is -4.38. The second-order valence-electron chi connectivity index (χ2n) is 11.3. The van der Waals surface area contributed by atoms with Crippen LogP contribution in [0.25, 0.3) is 17.1 Å². The van der Waals surface area contributed by atoms with Crippen molar-refractivity contribution >= 4 is 23.5 Å². The van der Waals surface area contributed by atoms with Gasteiger partial charge < -0.3 is 20.9 Å². The molecule has 0 radical (unpaired) electrons. The third kappa shape index (κ3) is 5.01. The first-order valence-electron chi connectivity index (χ1n) is 14.4. The Morgan fingerprint density at radius 2 is 1.83 bits per heavy atom. The number of aryl methyl sites for hydroxylation is 3. The van der Waals surface area contributed by atoms with Gasteiger partial charge in [-0.3, -0.25) is 9.78 Å². The van der Waals surface area contributed by atoms with E-state index >= 15 is 0 Å². The van der Waals surface area contributed by atoms with E-state index in [-0.39, 0.29) is 17.8 Å². The van der Waals surface area contributed by atoms with Crippen LogP contribution >= 0.6 is 0 Å². The monoisotopic (exact) mass is 550 g/mol. The molecule has 1 atom stereocenters. The van der Waals surface area contributed by atoms with Crippen LogP contribution in [0.2, 0.25) is 0 Å². The molecule has 4 heterocycles. The van der Waals surface area contributed by atoms with E-state index in [1.807, 2.05) is 17.0 Å². The zero-order valence-corrected chi connectivity index (χ0v) is 23.3. The molecule has 3 N–H and O–H groups in total. The second kappa shape index (κ2) is 10.5. The Morgan fingerprint density at radius 1 is 1.00 bits per heavy atom. The number of amides is 1. The highest BCUT2D eigenvalue weighted by molar-refractivity contribution is 5.79. The summed E-state index contributed by atoms with van der Waals surface area (Å²) in [6, 6.07) is 12.4. The molecule has 0 saturated carbocycles. The molecule has 1 amide bonds. The van der Waals surface area contributed by atoms with Crippen LogP contribution in [0, 0.1) is 5.92 Å². The summed E-state index contributed by atoms with van der Waals surface area (Å²) >= 11 is 0. The molecule has 4 aromatic rings. The maximum absolute atomic E-state index is 13.2. The Labute approximate surface area is 238 Å². The van der Waals surface area contributed by atoms with Crippen LogP contribution in [0.1, 0.15) is 35.2 Å². The van der Waals surface area contributed by atoms with Gasteiger partial charge >= 0.3 is 0 Å². The summed E-state index contributed by atoms with van der Waals surface area (Å²) in [6.45, 7) is 3.46. The summed E-state index contributed by atoms with van der Waals surface area (Å²) < 4.78 is 1.52. The summed E-state index contributed by atoms with van der Waals surface area (Å²) in [5.74, 6) is 1.37. The molecular weight excluding hydrogens is 516 g/mol. The number of carbonyl (C=O) groups excluding carboxylic acids is 1. The minimum atomic E-state index is -0.00492. The zero-order valence-electron chi connectivity index (χ0n) is 23.3. The van der Waals surface area contributed by atoms with Gasteiger partial charge in [0.15, 0.2) is 5.82 Å². The van der Waals surface area contributed by atoms with Gasteiger partial charge in [-0.05, 0) is 74.4 Å². The number of nitrogens with two attached hydrogens (primary N) is 1. The third-order valence-electron chi connectivity index (χ3n) is 8.55. The van der Waals surface area contributed by atoms with E-state index in [9.17, 15) is 4.79 Å². The number of carbonyl (C=O) groups is 1. The molecule has 11 heteroatoms. The number of likely N-dealkylation sites (N-methyl/N-ethyl adjacent to an activating group) is 1. The molecule has 3 aromatic heterocycles. The van der Waals surface area contributed by atoms with Crippen molar-refractivity contribution in [1.82, 2.24) is 39.7 Å². The average molecular weight is 551 g/mol. The topological polar surface area (TPSA) is 131 Å². The van der Waals surface area contributed by atoms with Gasteiger partial charge in [0.05, 0.1) is 17.6 Å². The molecule has 0 bridgehead atoms. The van der Waals surface area contributed by atoms with Gasteiger partial charge in [0, 0.05) is 43.4 Å². The Kier molecular flexibility index (Phi) is 6.58. The van der Waals surface area contributed by atoms with Gasteiger partial charge in [0.25, 0.3) is 0 Å². The maximum Gasteiger partial charge on any atom is 0.248 e. The number of fused-ring (bicyclic) bond motifs is 4. The lowest BCUT2D eigenvalue weighted by molar-refractivity contribution is -0.137. The standard InChI is InChI=1S/C30H34N10O/c1-38-11-13-39(14-12-38)28(41)21-9-10-25-22(15-21)16-23(18-32-25)33-30-34-29(31)40(37-30)26-17-20-7-4-6-19-5-2-3-8-24(19)27(20)36-35-26/h2-3,5,8,16-18,21H,4,6-7,9-15H2,1H3,(H3,31,33,34,37). The van der Waals surface area contributed by atoms with Crippen molar-refractivity contribution in [3.63, 3.8) is 0 Å². The van der Waals surface area contributed by atoms with Crippen LogP contribution in [-0.2, 0) is 30.5 Å². The minimum absolute atomic E-state index is 0.00492. The molecule has 1 aliphatic heterocycles. The first-order valence-corrected chi connectivity index (χ1v) is 14.4. The van der Waals surface area contributed by atoms with E-state index in [1.165, 1.54) is 10.2 Å². The Morgan fingerprint density at radius 3 is 2.71 bits per heavy atom. The fourth-order valence-corrected chi connectivity index (χ4v) is 6.24. The molecule has 1 saturated heterocycles. The number of aromatic nitrogens is 6. The lowest BCUT2D eigenvalue weighted by atomic mass is 9.85. The van der Waals surface area contributed by atoms with E-state index in [0.717, 1.165) is 92.0 Å². The lowest BCUT2D eigenvalue weighted by Gasteiger charge is -2.35. The normalized spacial score (nSPS) is 18.7. The molecule has 7 rings (SSSR count). The number of anilines is 3. The zero-order chi connectivity index (χ0) is 27.9.